The fourth-order valence-electron chi connectivity index (χ4n) is 1.86. The van der Waals surface area contributed by atoms with Crippen LogP contribution < -0.4 is 5.32 Å². The van der Waals surface area contributed by atoms with Gasteiger partial charge in [-0.25, -0.2) is 4.79 Å². The van der Waals surface area contributed by atoms with Crippen molar-refractivity contribution in [2.24, 2.45) is 5.92 Å². The molecule has 1 amide bonds. The number of rotatable bonds is 4. The maximum absolute atomic E-state index is 12.0. The minimum Gasteiger partial charge on any atom is -0.444 e. The molecule has 0 unspecified atom stereocenters. The van der Waals surface area contributed by atoms with Gasteiger partial charge in [0.1, 0.15) is 5.60 Å². The van der Waals surface area contributed by atoms with Crippen LogP contribution in [0.2, 0.25) is 0 Å². The summed E-state index contributed by atoms with van der Waals surface area (Å²) in [5.41, 5.74) is 1.74. The molecular formula is C17H25NO2. The van der Waals surface area contributed by atoms with Crippen molar-refractivity contribution in [3.63, 3.8) is 0 Å². The van der Waals surface area contributed by atoms with Gasteiger partial charge in [0.2, 0.25) is 0 Å². The van der Waals surface area contributed by atoms with Crippen LogP contribution in [-0.4, -0.2) is 11.7 Å². The lowest BCUT2D eigenvalue weighted by atomic mass is 9.94. The standard InChI is InChI=1S/C17H25NO2/c1-7-13(3)15(14-10-8-12(2)9-11-14)18-16(19)20-17(4,5)6/h7-11,13,15H,1H2,2-6H3,(H,18,19)/t13-,15-/m0/s1. The van der Waals surface area contributed by atoms with Crippen LogP contribution in [0.5, 0.6) is 0 Å². The molecule has 0 saturated heterocycles. The molecule has 0 aromatic heterocycles. The van der Waals surface area contributed by atoms with E-state index >= 15 is 0 Å². The van der Waals surface area contributed by atoms with Crippen molar-refractivity contribution < 1.29 is 9.53 Å². The number of aryl methyl sites for hydroxylation is 1. The van der Waals surface area contributed by atoms with Crippen molar-refractivity contribution in [2.45, 2.75) is 46.3 Å². The smallest absolute Gasteiger partial charge is 0.408 e. The molecule has 0 aliphatic heterocycles. The van der Waals surface area contributed by atoms with Crippen LogP contribution in [0.15, 0.2) is 36.9 Å². The topological polar surface area (TPSA) is 38.3 Å². The highest BCUT2D eigenvalue weighted by atomic mass is 16.6. The predicted molar refractivity (Wildman–Crippen MR) is 82.7 cm³/mol. The maximum Gasteiger partial charge on any atom is 0.408 e. The number of carbonyl (C=O) groups excluding carboxylic acids is 1. The molecule has 0 saturated carbocycles. The number of amides is 1. The first kappa shape index (κ1) is 16.3. The number of alkyl carbamates (subject to hydrolysis) is 1. The van der Waals surface area contributed by atoms with Crippen LogP contribution in [0.4, 0.5) is 4.79 Å². The Morgan fingerprint density at radius 2 is 1.85 bits per heavy atom. The summed E-state index contributed by atoms with van der Waals surface area (Å²) in [6.45, 7) is 13.4. The second-order valence-electron chi connectivity index (χ2n) is 6.13. The van der Waals surface area contributed by atoms with Gasteiger partial charge in [-0.1, -0.05) is 42.8 Å². The average molecular weight is 275 g/mol. The summed E-state index contributed by atoms with van der Waals surface area (Å²) in [5, 5.41) is 2.93. The van der Waals surface area contributed by atoms with E-state index in [2.05, 4.69) is 11.9 Å². The van der Waals surface area contributed by atoms with E-state index in [1.807, 2.05) is 65.0 Å². The number of benzene rings is 1. The number of hydrogen-bond donors (Lipinski definition) is 1. The Morgan fingerprint density at radius 1 is 1.30 bits per heavy atom. The van der Waals surface area contributed by atoms with Crippen LogP contribution in [-0.2, 0) is 4.74 Å². The first-order chi connectivity index (χ1) is 9.23. The zero-order valence-corrected chi connectivity index (χ0v) is 13.1. The lowest BCUT2D eigenvalue weighted by Crippen LogP contribution is -2.37. The van der Waals surface area contributed by atoms with Crippen LogP contribution >= 0.6 is 0 Å². The van der Waals surface area contributed by atoms with Crippen LogP contribution in [0, 0.1) is 12.8 Å². The van der Waals surface area contributed by atoms with Crippen LogP contribution in [0.25, 0.3) is 0 Å². The van der Waals surface area contributed by atoms with Gasteiger partial charge in [0.15, 0.2) is 0 Å². The largest absolute Gasteiger partial charge is 0.444 e. The average Bonchev–Trinajstić information content (AvgIpc) is 2.34. The lowest BCUT2D eigenvalue weighted by Gasteiger charge is -2.26. The quantitative estimate of drug-likeness (QED) is 0.828. The fourth-order valence-corrected chi connectivity index (χ4v) is 1.86. The van der Waals surface area contributed by atoms with Crippen LogP contribution in [0.1, 0.15) is 44.9 Å². The monoisotopic (exact) mass is 275 g/mol. The van der Waals surface area contributed by atoms with Gasteiger partial charge >= 0.3 is 6.09 Å². The number of nitrogens with one attached hydrogen (secondary N) is 1. The minimum absolute atomic E-state index is 0.116. The van der Waals surface area contributed by atoms with Crippen LogP contribution in [0.3, 0.4) is 0 Å². The molecule has 2 atom stereocenters. The van der Waals surface area contributed by atoms with E-state index in [4.69, 9.17) is 4.74 Å². The van der Waals surface area contributed by atoms with E-state index in [9.17, 15) is 4.79 Å². The van der Waals surface area contributed by atoms with Crippen molar-refractivity contribution in [3.05, 3.63) is 48.0 Å². The summed E-state index contributed by atoms with van der Waals surface area (Å²) < 4.78 is 5.32. The third-order valence-electron chi connectivity index (χ3n) is 3.01. The first-order valence-corrected chi connectivity index (χ1v) is 6.91. The van der Waals surface area contributed by atoms with E-state index in [-0.39, 0.29) is 12.0 Å². The molecule has 1 aromatic carbocycles. The molecule has 1 N–H and O–H groups in total. The van der Waals surface area contributed by atoms with Crippen molar-refractivity contribution in [1.29, 1.82) is 0 Å². The Kier molecular flexibility index (Phi) is 5.37. The molecule has 0 aliphatic rings. The van der Waals surface area contributed by atoms with Gasteiger partial charge < -0.3 is 10.1 Å². The van der Waals surface area contributed by atoms with Crippen molar-refractivity contribution >= 4 is 6.09 Å². The normalized spacial score (nSPS) is 14.2. The Hall–Kier alpha value is -1.77. The molecule has 0 radical (unpaired) electrons. The molecule has 0 bridgehead atoms. The van der Waals surface area contributed by atoms with Gasteiger partial charge in [-0.05, 0) is 39.2 Å². The molecule has 0 fully saturated rings. The molecule has 0 aliphatic carbocycles. The molecule has 1 aromatic rings. The predicted octanol–water partition coefficient (Wildman–Crippen LogP) is 4.38. The zero-order chi connectivity index (χ0) is 15.3. The summed E-state index contributed by atoms with van der Waals surface area (Å²) in [5.74, 6) is 0.116. The molecule has 3 heteroatoms. The molecule has 1 rings (SSSR count). The zero-order valence-electron chi connectivity index (χ0n) is 13.1. The summed E-state index contributed by atoms with van der Waals surface area (Å²) in [7, 11) is 0. The minimum atomic E-state index is -0.501. The van der Waals surface area contributed by atoms with Crippen molar-refractivity contribution in [3.8, 4) is 0 Å². The molecule has 0 spiro atoms. The third kappa shape index (κ3) is 5.08. The van der Waals surface area contributed by atoms with E-state index in [1.165, 1.54) is 5.56 Å². The number of ether oxygens (including phenoxy) is 1. The van der Waals surface area contributed by atoms with E-state index in [1.54, 1.807) is 0 Å². The van der Waals surface area contributed by atoms with Gasteiger partial charge in [-0.15, -0.1) is 6.58 Å². The van der Waals surface area contributed by atoms with Crippen molar-refractivity contribution in [2.75, 3.05) is 0 Å². The molecule has 20 heavy (non-hydrogen) atoms. The molecular weight excluding hydrogens is 250 g/mol. The Labute approximate surface area is 122 Å². The molecule has 3 nitrogen and oxygen atoms in total. The summed E-state index contributed by atoms with van der Waals surface area (Å²) >= 11 is 0. The van der Waals surface area contributed by atoms with Gasteiger partial charge in [0.25, 0.3) is 0 Å². The fraction of sp³-hybridized carbons (Fsp3) is 0.471. The second-order valence-corrected chi connectivity index (χ2v) is 6.13. The van der Waals surface area contributed by atoms with Gasteiger partial charge in [0, 0.05) is 0 Å². The van der Waals surface area contributed by atoms with Gasteiger partial charge in [-0.3, -0.25) is 0 Å². The van der Waals surface area contributed by atoms with E-state index in [0.717, 1.165) is 5.56 Å². The third-order valence-corrected chi connectivity index (χ3v) is 3.01. The van der Waals surface area contributed by atoms with Crippen molar-refractivity contribution in [1.82, 2.24) is 5.32 Å². The summed E-state index contributed by atoms with van der Waals surface area (Å²) in [6, 6.07) is 7.99. The maximum atomic E-state index is 12.0. The summed E-state index contributed by atoms with van der Waals surface area (Å²) in [4.78, 5) is 12.0. The SMILES string of the molecule is C=C[C@H](C)[C@H](NC(=O)OC(C)(C)C)c1ccc(C)cc1. The molecule has 0 heterocycles. The van der Waals surface area contributed by atoms with E-state index < -0.39 is 11.7 Å². The Bertz CT molecular complexity index is 457. The lowest BCUT2D eigenvalue weighted by molar-refractivity contribution is 0.0493. The highest BCUT2D eigenvalue weighted by Crippen LogP contribution is 2.23. The molecule has 110 valence electrons. The number of carbonyl (C=O) groups is 1. The Morgan fingerprint density at radius 3 is 2.30 bits per heavy atom. The van der Waals surface area contributed by atoms with Gasteiger partial charge in [0.05, 0.1) is 6.04 Å². The van der Waals surface area contributed by atoms with Gasteiger partial charge in [-0.2, -0.15) is 0 Å². The van der Waals surface area contributed by atoms with E-state index in [0.29, 0.717) is 0 Å². The first-order valence-electron chi connectivity index (χ1n) is 6.91. The number of hydrogen-bond acceptors (Lipinski definition) is 2. The Balaban J connectivity index is 2.88. The highest BCUT2D eigenvalue weighted by molar-refractivity contribution is 5.68. The summed E-state index contributed by atoms with van der Waals surface area (Å²) in [6.07, 6.45) is 1.43. The second kappa shape index (κ2) is 6.60. The highest BCUT2D eigenvalue weighted by Gasteiger charge is 2.23.